The second kappa shape index (κ2) is 8.28. The van der Waals surface area contributed by atoms with Crippen molar-refractivity contribution in [1.29, 1.82) is 0 Å². The van der Waals surface area contributed by atoms with Gasteiger partial charge in [-0.25, -0.2) is 13.2 Å². The number of ether oxygens (including phenoxy) is 3. The van der Waals surface area contributed by atoms with Gasteiger partial charge in [-0.05, 0) is 12.1 Å². The van der Waals surface area contributed by atoms with Gasteiger partial charge in [0.1, 0.15) is 11.6 Å². The van der Waals surface area contributed by atoms with Crippen LogP contribution >= 0.6 is 0 Å². The second-order valence-corrected chi connectivity index (χ2v) is 5.02. The smallest absolute Gasteiger partial charge is 0.248 e. The van der Waals surface area contributed by atoms with Crippen LogP contribution in [-0.4, -0.2) is 27.2 Å². The summed E-state index contributed by atoms with van der Waals surface area (Å²) in [4.78, 5) is 11.9. The van der Waals surface area contributed by atoms with E-state index in [4.69, 9.17) is 14.2 Å². The molecule has 1 N–H and O–H groups in total. The summed E-state index contributed by atoms with van der Waals surface area (Å²) in [5.74, 6) is -3.18. The van der Waals surface area contributed by atoms with Crippen molar-refractivity contribution in [2.75, 3.05) is 26.6 Å². The molecule has 0 fully saturated rings. The third-order valence-electron chi connectivity index (χ3n) is 3.42. The largest absolute Gasteiger partial charge is 0.496 e. The van der Waals surface area contributed by atoms with Crippen LogP contribution in [-0.2, 0) is 4.79 Å². The molecule has 0 unspecified atom stereocenters. The number of methoxy groups -OCH3 is 3. The summed E-state index contributed by atoms with van der Waals surface area (Å²) in [5, 5.41) is 2.13. The fourth-order valence-electron chi connectivity index (χ4n) is 2.14. The van der Waals surface area contributed by atoms with Crippen LogP contribution in [0.25, 0.3) is 6.08 Å². The van der Waals surface area contributed by atoms with Crippen molar-refractivity contribution in [3.8, 4) is 17.2 Å². The Balaban J connectivity index is 2.24. The van der Waals surface area contributed by atoms with Crippen molar-refractivity contribution in [2.45, 2.75) is 0 Å². The molecule has 0 saturated heterocycles. The molecule has 0 aromatic heterocycles. The van der Waals surface area contributed by atoms with Crippen LogP contribution < -0.4 is 19.5 Å². The number of amides is 1. The fourth-order valence-corrected chi connectivity index (χ4v) is 2.14. The van der Waals surface area contributed by atoms with Crippen molar-refractivity contribution in [2.24, 2.45) is 0 Å². The highest BCUT2D eigenvalue weighted by atomic mass is 19.2. The first-order valence-corrected chi connectivity index (χ1v) is 7.33. The quantitative estimate of drug-likeness (QED) is 0.624. The van der Waals surface area contributed by atoms with Gasteiger partial charge in [0, 0.05) is 29.8 Å². The maximum Gasteiger partial charge on any atom is 0.248 e. The zero-order valence-corrected chi connectivity index (χ0v) is 14.2. The zero-order chi connectivity index (χ0) is 19.3. The molecule has 2 aromatic rings. The van der Waals surface area contributed by atoms with E-state index < -0.39 is 29.0 Å². The molecular weight excluding hydrogens is 351 g/mol. The van der Waals surface area contributed by atoms with E-state index in [-0.39, 0.29) is 0 Å². The highest BCUT2D eigenvalue weighted by molar-refractivity contribution is 6.02. The molecule has 1 amide bonds. The maximum atomic E-state index is 13.6. The molecule has 5 nitrogen and oxygen atoms in total. The number of rotatable bonds is 6. The van der Waals surface area contributed by atoms with Crippen molar-refractivity contribution in [3.05, 3.63) is 53.4 Å². The van der Waals surface area contributed by atoms with Crippen molar-refractivity contribution in [1.82, 2.24) is 0 Å². The monoisotopic (exact) mass is 367 g/mol. The Labute approximate surface area is 148 Å². The van der Waals surface area contributed by atoms with E-state index >= 15 is 0 Å². The lowest BCUT2D eigenvalue weighted by Crippen LogP contribution is -2.10. The Kier molecular flexibility index (Phi) is 6.11. The molecule has 2 rings (SSSR count). The molecule has 0 atom stereocenters. The lowest BCUT2D eigenvalue weighted by Gasteiger charge is -2.12. The van der Waals surface area contributed by atoms with E-state index in [2.05, 4.69) is 5.32 Å². The summed E-state index contributed by atoms with van der Waals surface area (Å²) in [5.41, 5.74) is 0.0175. The number of anilines is 1. The van der Waals surface area contributed by atoms with Gasteiger partial charge in [-0.15, -0.1) is 0 Å². The molecule has 8 heteroatoms. The number of hydrogen-bond donors (Lipinski definition) is 1. The maximum absolute atomic E-state index is 13.6. The Hall–Kier alpha value is -3.16. The summed E-state index contributed by atoms with van der Waals surface area (Å²) >= 11 is 0. The molecular formula is C18H16F3NO4. The summed E-state index contributed by atoms with van der Waals surface area (Å²) < 4.78 is 55.2. The van der Waals surface area contributed by atoms with Gasteiger partial charge < -0.3 is 19.5 Å². The Morgan fingerprint density at radius 1 is 0.846 bits per heavy atom. The first-order chi connectivity index (χ1) is 12.4. The van der Waals surface area contributed by atoms with Crippen LogP contribution in [0.15, 0.2) is 30.3 Å². The molecule has 0 spiro atoms. The predicted octanol–water partition coefficient (Wildman–Crippen LogP) is 3.78. The topological polar surface area (TPSA) is 56.8 Å². The van der Waals surface area contributed by atoms with Crippen LogP contribution in [0.5, 0.6) is 17.2 Å². The number of benzene rings is 2. The predicted molar refractivity (Wildman–Crippen MR) is 90.1 cm³/mol. The Morgan fingerprint density at radius 3 is 2.04 bits per heavy atom. The Bertz CT molecular complexity index is 853. The molecule has 0 saturated carbocycles. The normalized spacial score (nSPS) is 10.7. The Morgan fingerprint density at radius 2 is 1.42 bits per heavy atom. The van der Waals surface area contributed by atoms with E-state index in [1.54, 1.807) is 12.1 Å². The van der Waals surface area contributed by atoms with E-state index in [0.29, 0.717) is 34.9 Å². The van der Waals surface area contributed by atoms with Crippen molar-refractivity contribution >= 4 is 17.7 Å². The van der Waals surface area contributed by atoms with Crippen LogP contribution in [0.3, 0.4) is 0 Å². The van der Waals surface area contributed by atoms with E-state index in [1.807, 2.05) is 0 Å². The highest BCUT2D eigenvalue weighted by Crippen LogP contribution is 2.35. The van der Waals surface area contributed by atoms with Gasteiger partial charge in [0.25, 0.3) is 0 Å². The number of carbonyl (C=O) groups is 1. The lowest BCUT2D eigenvalue weighted by molar-refractivity contribution is -0.111. The average Bonchev–Trinajstić information content (AvgIpc) is 2.63. The fraction of sp³-hybridized carbons (Fsp3) is 0.167. The number of halogens is 3. The van der Waals surface area contributed by atoms with Crippen LogP contribution in [0, 0.1) is 17.5 Å². The van der Waals surface area contributed by atoms with Crippen LogP contribution in [0.4, 0.5) is 18.9 Å². The summed E-state index contributed by atoms with van der Waals surface area (Å²) in [7, 11) is 4.36. The van der Waals surface area contributed by atoms with E-state index in [0.717, 1.165) is 6.08 Å². The molecule has 0 heterocycles. The number of nitrogens with one attached hydrogen (secondary N) is 1. The van der Waals surface area contributed by atoms with Gasteiger partial charge in [-0.3, -0.25) is 4.79 Å². The zero-order valence-electron chi connectivity index (χ0n) is 14.2. The minimum absolute atomic E-state index is 0.353. The van der Waals surface area contributed by atoms with Gasteiger partial charge in [-0.2, -0.15) is 0 Å². The van der Waals surface area contributed by atoms with Gasteiger partial charge in [-0.1, -0.05) is 0 Å². The summed E-state index contributed by atoms with van der Waals surface area (Å²) in [6.45, 7) is 0. The minimum Gasteiger partial charge on any atom is -0.496 e. The van der Waals surface area contributed by atoms with E-state index in [9.17, 15) is 18.0 Å². The minimum atomic E-state index is -1.34. The van der Waals surface area contributed by atoms with Crippen molar-refractivity contribution in [3.63, 3.8) is 0 Å². The molecule has 0 radical (unpaired) electrons. The molecule has 2 aromatic carbocycles. The van der Waals surface area contributed by atoms with Crippen LogP contribution in [0.1, 0.15) is 5.56 Å². The third-order valence-corrected chi connectivity index (χ3v) is 3.42. The third kappa shape index (κ3) is 4.27. The first-order valence-electron chi connectivity index (χ1n) is 7.33. The molecule has 0 aliphatic heterocycles. The van der Waals surface area contributed by atoms with E-state index in [1.165, 1.54) is 27.4 Å². The second-order valence-electron chi connectivity index (χ2n) is 5.02. The molecule has 0 aliphatic carbocycles. The van der Waals surface area contributed by atoms with Gasteiger partial charge in [0.15, 0.2) is 23.1 Å². The standard InChI is InChI=1S/C18H16F3NO4/c1-24-15-9-17(26-3)16(25-2)6-10(15)4-5-18(23)22-14-8-12(20)11(19)7-13(14)21/h4-9H,1-3H3,(H,22,23). The number of carbonyl (C=O) groups excluding carboxylic acids is 1. The SMILES string of the molecule is COc1cc(OC)c(OC)cc1C=CC(=O)Nc1cc(F)c(F)cc1F. The molecule has 138 valence electrons. The summed E-state index contributed by atoms with van der Waals surface area (Å²) in [6.07, 6.45) is 2.48. The lowest BCUT2D eigenvalue weighted by atomic mass is 10.1. The van der Waals surface area contributed by atoms with Gasteiger partial charge in [0.05, 0.1) is 27.0 Å². The molecule has 0 aliphatic rings. The van der Waals surface area contributed by atoms with Gasteiger partial charge in [0.2, 0.25) is 5.91 Å². The molecule has 26 heavy (non-hydrogen) atoms. The van der Waals surface area contributed by atoms with Crippen molar-refractivity contribution < 1.29 is 32.2 Å². The molecule has 0 bridgehead atoms. The first kappa shape index (κ1) is 19.2. The number of hydrogen-bond acceptors (Lipinski definition) is 4. The average molecular weight is 367 g/mol. The highest BCUT2D eigenvalue weighted by Gasteiger charge is 2.12. The van der Waals surface area contributed by atoms with Crippen LogP contribution in [0.2, 0.25) is 0 Å². The van der Waals surface area contributed by atoms with Gasteiger partial charge >= 0.3 is 0 Å². The summed E-state index contributed by atoms with van der Waals surface area (Å²) in [6, 6.07) is 4.07.